The van der Waals surface area contributed by atoms with E-state index >= 15 is 0 Å². The standard InChI is InChI=1S/C25H24ClFN6O2/c1-32-5-3-19(4-6-32)30-24(34)17-8-15(9-18(27)10-17)14-33-7-2-16-11-22(21-13-29-31-23(21)26)28-12-20(16)25(33)35/h2,7-13,19H,3-6,14H2,1H3,(H,29,31)(H,30,34). The highest BCUT2D eigenvalue weighted by molar-refractivity contribution is 6.32. The highest BCUT2D eigenvalue weighted by Gasteiger charge is 2.20. The van der Waals surface area contributed by atoms with E-state index in [9.17, 15) is 14.0 Å². The summed E-state index contributed by atoms with van der Waals surface area (Å²) in [7, 11) is 2.05. The first-order chi connectivity index (χ1) is 16.9. The van der Waals surface area contributed by atoms with E-state index in [2.05, 4.69) is 32.4 Å². The molecule has 0 aliphatic carbocycles. The van der Waals surface area contributed by atoms with E-state index in [1.165, 1.54) is 22.9 Å². The minimum atomic E-state index is -0.520. The normalized spacial score (nSPS) is 14.9. The molecule has 8 nitrogen and oxygen atoms in total. The number of carbonyl (C=O) groups excluding carboxylic acids is 1. The molecular formula is C25H24ClFN6O2. The Hall–Kier alpha value is -3.56. The van der Waals surface area contributed by atoms with Crippen molar-refractivity contribution in [3.8, 4) is 11.3 Å². The number of pyridine rings is 2. The van der Waals surface area contributed by atoms with Crippen molar-refractivity contribution in [3.05, 3.63) is 81.4 Å². The molecule has 0 radical (unpaired) electrons. The summed E-state index contributed by atoms with van der Waals surface area (Å²) in [6.45, 7) is 1.95. The number of hydrogen-bond acceptors (Lipinski definition) is 5. The van der Waals surface area contributed by atoms with Gasteiger partial charge in [-0.25, -0.2) is 4.39 Å². The van der Waals surface area contributed by atoms with Crippen LogP contribution in [0.3, 0.4) is 0 Å². The van der Waals surface area contributed by atoms with E-state index in [-0.39, 0.29) is 29.6 Å². The Labute approximate surface area is 205 Å². The van der Waals surface area contributed by atoms with Gasteiger partial charge in [-0.1, -0.05) is 11.6 Å². The summed E-state index contributed by atoms with van der Waals surface area (Å²) in [5, 5.41) is 11.0. The minimum absolute atomic E-state index is 0.0721. The first-order valence-corrected chi connectivity index (χ1v) is 11.7. The second-order valence-corrected chi connectivity index (χ2v) is 9.25. The van der Waals surface area contributed by atoms with Crippen molar-refractivity contribution < 1.29 is 9.18 Å². The van der Waals surface area contributed by atoms with Crippen LogP contribution in [0.1, 0.15) is 28.8 Å². The lowest BCUT2D eigenvalue weighted by Crippen LogP contribution is -2.43. The fraction of sp³-hybridized carbons (Fsp3) is 0.280. The Morgan fingerprint density at radius 3 is 2.80 bits per heavy atom. The maximum absolute atomic E-state index is 14.4. The molecule has 5 rings (SSSR count). The number of aromatic amines is 1. The van der Waals surface area contributed by atoms with Gasteiger partial charge >= 0.3 is 0 Å². The number of nitrogens with one attached hydrogen (secondary N) is 2. The smallest absolute Gasteiger partial charge is 0.260 e. The summed E-state index contributed by atoms with van der Waals surface area (Å²) in [6, 6.07) is 7.83. The first kappa shape index (κ1) is 23.2. The fourth-order valence-corrected chi connectivity index (χ4v) is 4.60. The van der Waals surface area contributed by atoms with E-state index in [4.69, 9.17) is 11.6 Å². The van der Waals surface area contributed by atoms with Gasteiger partial charge in [0.05, 0.1) is 23.2 Å². The number of piperidine rings is 1. The summed E-state index contributed by atoms with van der Waals surface area (Å²) in [6.07, 6.45) is 6.51. The number of fused-ring (bicyclic) bond motifs is 1. The van der Waals surface area contributed by atoms with Crippen molar-refractivity contribution in [2.45, 2.75) is 25.4 Å². The summed E-state index contributed by atoms with van der Waals surface area (Å²) >= 11 is 6.07. The molecule has 1 aromatic carbocycles. The molecule has 10 heteroatoms. The molecule has 1 fully saturated rings. The van der Waals surface area contributed by atoms with Crippen molar-refractivity contribution in [3.63, 3.8) is 0 Å². The van der Waals surface area contributed by atoms with Gasteiger partial charge in [-0.3, -0.25) is 19.7 Å². The maximum atomic E-state index is 14.4. The van der Waals surface area contributed by atoms with Gasteiger partial charge in [0.25, 0.3) is 11.5 Å². The Balaban J connectivity index is 1.38. The molecule has 4 aromatic rings. The molecule has 0 unspecified atom stereocenters. The van der Waals surface area contributed by atoms with Crippen LogP contribution in [-0.2, 0) is 6.54 Å². The van der Waals surface area contributed by atoms with Crippen LogP contribution in [0.2, 0.25) is 5.15 Å². The average Bonchev–Trinajstić information content (AvgIpc) is 3.27. The lowest BCUT2D eigenvalue weighted by molar-refractivity contribution is 0.0916. The molecule has 3 aromatic heterocycles. The molecular weight excluding hydrogens is 471 g/mol. The fourth-order valence-electron chi connectivity index (χ4n) is 4.40. The summed E-state index contributed by atoms with van der Waals surface area (Å²) in [5.41, 5.74) is 1.74. The molecule has 0 bridgehead atoms. The highest BCUT2D eigenvalue weighted by atomic mass is 35.5. The largest absolute Gasteiger partial charge is 0.349 e. The number of benzene rings is 1. The average molecular weight is 495 g/mol. The van der Waals surface area contributed by atoms with Crippen LogP contribution in [0.25, 0.3) is 22.0 Å². The van der Waals surface area contributed by atoms with Gasteiger partial charge in [-0.05, 0) is 74.3 Å². The third kappa shape index (κ3) is 4.96. The van der Waals surface area contributed by atoms with Crippen LogP contribution in [0, 0.1) is 5.82 Å². The van der Waals surface area contributed by atoms with Crippen LogP contribution < -0.4 is 10.9 Å². The molecule has 0 saturated carbocycles. The lowest BCUT2D eigenvalue weighted by Gasteiger charge is -2.29. The van der Waals surface area contributed by atoms with E-state index in [1.807, 2.05) is 0 Å². The van der Waals surface area contributed by atoms with Gasteiger partial charge in [-0.2, -0.15) is 5.10 Å². The van der Waals surface area contributed by atoms with Crippen molar-refractivity contribution >= 4 is 28.3 Å². The van der Waals surface area contributed by atoms with Crippen LogP contribution in [0.15, 0.2) is 53.7 Å². The Bertz CT molecular complexity index is 1460. The Morgan fingerprint density at radius 2 is 2.06 bits per heavy atom. The number of likely N-dealkylation sites (tertiary alicyclic amines) is 1. The van der Waals surface area contributed by atoms with Crippen molar-refractivity contribution in [1.82, 2.24) is 30.0 Å². The maximum Gasteiger partial charge on any atom is 0.260 e. The van der Waals surface area contributed by atoms with Crippen LogP contribution in [-0.4, -0.2) is 56.7 Å². The third-order valence-corrected chi connectivity index (χ3v) is 6.65. The summed E-state index contributed by atoms with van der Waals surface area (Å²) in [4.78, 5) is 32.4. The monoisotopic (exact) mass is 494 g/mol. The summed E-state index contributed by atoms with van der Waals surface area (Å²) < 4.78 is 15.9. The molecule has 1 aliphatic rings. The molecule has 1 amide bonds. The van der Waals surface area contributed by atoms with Gasteiger partial charge in [0.15, 0.2) is 5.15 Å². The van der Waals surface area contributed by atoms with Gasteiger partial charge < -0.3 is 14.8 Å². The number of amides is 1. The number of carbonyl (C=O) groups is 1. The predicted octanol–water partition coefficient (Wildman–Crippen LogP) is 3.45. The second-order valence-electron chi connectivity index (χ2n) is 8.89. The number of H-pyrrole nitrogens is 1. The number of rotatable bonds is 5. The van der Waals surface area contributed by atoms with Crippen LogP contribution in [0.4, 0.5) is 4.39 Å². The SMILES string of the molecule is CN1CCC(NC(=O)c2cc(F)cc(Cn3ccc4cc(-c5c[nH]nc5Cl)ncc4c3=O)c2)CC1. The van der Waals surface area contributed by atoms with E-state index in [0.29, 0.717) is 32.7 Å². The third-order valence-electron chi connectivity index (χ3n) is 6.36. The quantitative estimate of drug-likeness (QED) is 0.443. The van der Waals surface area contributed by atoms with Crippen molar-refractivity contribution in [1.29, 1.82) is 0 Å². The Morgan fingerprint density at radius 1 is 1.26 bits per heavy atom. The molecule has 4 heterocycles. The van der Waals surface area contributed by atoms with Crippen LogP contribution >= 0.6 is 11.6 Å². The zero-order valence-corrected chi connectivity index (χ0v) is 19.8. The molecule has 1 saturated heterocycles. The molecule has 1 aliphatic heterocycles. The minimum Gasteiger partial charge on any atom is -0.349 e. The predicted molar refractivity (Wildman–Crippen MR) is 132 cm³/mol. The van der Waals surface area contributed by atoms with E-state index in [0.717, 1.165) is 25.9 Å². The van der Waals surface area contributed by atoms with E-state index < -0.39 is 5.82 Å². The van der Waals surface area contributed by atoms with Crippen LogP contribution in [0.5, 0.6) is 0 Å². The topological polar surface area (TPSA) is 95.9 Å². The van der Waals surface area contributed by atoms with Gasteiger partial charge in [0, 0.05) is 30.2 Å². The Kier molecular flexibility index (Phi) is 6.36. The lowest BCUT2D eigenvalue weighted by atomic mass is 10.0. The van der Waals surface area contributed by atoms with Gasteiger partial charge in [-0.15, -0.1) is 0 Å². The highest BCUT2D eigenvalue weighted by Crippen LogP contribution is 2.25. The molecule has 180 valence electrons. The van der Waals surface area contributed by atoms with Crippen molar-refractivity contribution in [2.24, 2.45) is 0 Å². The van der Waals surface area contributed by atoms with Crippen molar-refractivity contribution in [2.75, 3.05) is 20.1 Å². The van der Waals surface area contributed by atoms with E-state index in [1.54, 1.807) is 30.6 Å². The summed E-state index contributed by atoms with van der Waals surface area (Å²) in [5.74, 6) is -0.825. The number of hydrogen-bond donors (Lipinski definition) is 2. The molecule has 2 N–H and O–H groups in total. The molecule has 0 spiro atoms. The molecule has 35 heavy (non-hydrogen) atoms. The van der Waals surface area contributed by atoms with Gasteiger partial charge in [0.2, 0.25) is 0 Å². The number of nitrogens with zero attached hydrogens (tertiary/aromatic N) is 4. The zero-order chi connectivity index (χ0) is 24.5. The zero-order valence-electron chi connectivity index (χ0n) is 19.1. The number of halogens is 2. The molecule has 0 atom stereocenters. The number of aromatic nitrogens is 4. The van der Waals surface area contributed by atoms with Gasteiger partial charge in [0.1, 0.15) is 5.82 Å². The second kappa shape index (κ2) is 9.59. The first-order valence-electron chi connectivity index (χ1n) is 11.3.